The van der Waals surface area contributed by atoms with E-state index < -0.39 is 6.29 Å². The molecule has 1 aromatic carbocycles. The van der Waals surface area contributed by atoms with Crippen molar-refractivity contribution in [3.63, 3.8) is 0 Å². The SMILES string of the molecule is CC1CCC(C(C)C)C(O[C@@H]2OC(=O)C[C@@H]2Sc2ccccc2)C1. The number of carbonyl (C=O) groups is 1. The van der Waals surface area contributed by atoms with Gasteiger partial charge < -0.3 is 9.47 Å². The fourth-order valence-electron chi connectivity index (χ4n) is 3.84. The molecule has 0 amide bonds. The van der Waals surface area contributed by atoms with E-state index in [0.29, 0.717) is 24.2 Å². The molecule has 3 nitrogen and oxygen atoms in total. The number of thioether (sulfide) groups is 1. The lowest BCUT2D eigenvalue weighted by atomic mass is 9.75. The van der Waals surface area contributed by atoms with Crippen LogP contribution in [0.2, 0.25) is 0 Å². The molecule has 5 atom stereocenters. The summed E-state index contributed by atoms with van der Waals surface area (Å²) in [7, 11) is 0. The second-order valence-corrected chi connectivity index (χ2v) is 8.84. The highest BCUT2D eigenvalue weighted by Gasteiger charge is 2.41. The molecule has 1 aromatic rings. The number of rotatable bonds is 5. The fraction of sp³-hybridized carbons (Fsp3) is 0.650. The standard InChI is InChI=1S/C20H28O3S/c1-13(2)16-10-9-14(3)11-17(16)22-20-18(12-19(21)23-20)24-15-7-5-4-6-8-15/h4-8,13-14,16-18,20H,9-12H2,1-3H3/t14?,16?,17?,18-,20+/m0/s1. The summed E-state index contributed by atoms with van der Waals surface area (Å²) in [6.07, 6.45) is 3.76. The van der Waals surface area contributed by atoms with Gasteiger partial charge in [0, 0.05) is 4.90 Å². The van der Waals surface area contributed by atoms with Gasteiger partial charge in [-0.2, -0.15) is 0 Å². The molecule has 1 heterocycles. The van der Waals surface area contributed by atoms with E-state index in [1.165, 1.54) is 12.8 Å². The van der Waals surface area contributed by atoms with Crippen molar-refractivity contribution in [1.29, 1.82) is 0 Å². The molecule has 2 fully saturated rings. The maximum atomic E-state index is 11.9. The minimum Gasteiger partial charge on any atom is -0.434 e. The number of hydrogen-bond acceptors (Lipinski definition) is 4. The molecule has 2 aliphatic rings. The maximum absolute atomic E-state index is 11.9. The second-order valence-electron chi connectivity index (χ2n) is 7.53. The largest absolute Gasteiger partial charge is 0.434 e. The molecule has 24 heavy (non-hydrogen) atoms. The van der Waals surface area contributed by atoms with E-state index >= 15 is 0 Å². The quantitative estimate of drug-likeness (QED) is 0.709. The third kappa shape index (κ3) is 4.34. The minimum absolute atomic E-state index is 0.0462. The van der Waals surface area contributed by atoms with Crippen LogP contribution < -0.4 is 0 Å². The van der Waals surface area contributed by atoms with E-state index in [9.17, 15) is 4.79 Å². The molecule has 1 aliphatic heterocycles. The van der Waals surface area contributed by atoms with E-state index in [0.717, 1.165) is 11.3 Å². The van der Waals surface area contributed by atoms with Gasteiger partial charge in [0.05, 0.1) is 17.8 Å². The monoisotopic (exact) mass is 348 g/mol. The Labute approximate surface area is 149 Å². The van der Waals surface area contributed by atoms with Gasteiger partial charge >= 0.3 is 5.97 Å². The summed E-state index contributed by atoms with van der Waals surface area (Å²) in [5.74, 6) is 1.70. The number of esters is 1. The Hall–Kier alpha value is -1.00. The van der Waals surface area contributed by atoms with Gasteiger partial charge in [0.1, 0.15) is 0 Å². The Morgan fingerprint density at radius 1 is 1.21 bits per heavy atom. The molecule has 0 N–H and O–H groups in total. The van der Waals surface area contributed by atoms with Crippen molar-refractivity contribution in [2.75, 3.05) is 0 Å². The third-order valence-electron chi connectivity index (χ3n) is 5.22. The second kappa shape index (κ2) is 7.92. The van der Waals surface area contributed by atoms with E-state index in [1.54, 1.807) is 11.8 Å². The lowest BCUT2D eigenvalue weighted by Gasteiger charge is -2.38. The molecule has 0 spiro atoms. The summed E-state index contributed by atoms with van der Waals surface area (Å²) < 4.78 is 11.9. The van der Waals surface area contributed by atoms with Crippen molar-refractivity contribution < 1.29 is 14.3 Å². The molecule has 4 heteroatoms. The molecular formula is C20H28O3S. The first kappa shape index (κ1) is 17.8. The molecule has 3 unspecified atom stereocenters. The van der Waals surface area contributed by atoms with Crippen LogP contribution >= 0.6 is 11.8 Å². The fourth-order valence-corrected chi connectivity index (χ4v) is 4.96. The van der Waals surface area contributed by atoms with Gasteiger partial charge in [-0.15, -0.1) is 11.8 Å². The van der Waals surface area contributed by atoms with Crippen LogP contribution in [0.5, 0.6) is 0 Å². The average molecular weight is 349 g/mol. The predicted molar refractivity (Wildman–Crippen MR) is 96.8 cm³/mol. The van der Waals surface area contributed by atoms with E-state index in [2.05, 4.69) is 32.9 Å². The molecule has 3 rings (SSSR count). The van der Waals surface area contributed by atoms with Crippen molar-refractivity contribution >= 4 is 17.7 Å². The summed E-state index contributed by atoms with van der Waals surface area (Å²) >= 11 is 1.69. The average Bonchev–Trinajstić information content (AvgIpc) is 2.87. The number of carbonyl (C=O) groups excluding carboxylic acids is 1. The normalized spacial score (nSPS) is 33.7. The summed E-state index contributed by atoms with van der Waals surface area (Å²) in [6.45, 7) is 6.84. The van der Waals surface area contributed by atoms with E-state index in [-0.39, 0.29) is 17.3 Å². The van der Waals surface area contributed by atoms with E-state index in [4.69, 9.17) is 9.47 Å². The zero-order valence-electron chi connectivity index (χ0n) is 14.8. The molecule has 1 aliphatic carbocycles. The van der Waals surface area contributed by atoms with Crippen LogP contribution in [0, 0.1) is 17.8 Å². The van der Waals surface area contributed by atoms with Crippen LogP contribution in [-0.4, -0.2) is 23.6 Å². The van der Waals surface area contributed by atoms with Gasteiger partial charge in [-0.1, -0.05) is 45.4 Å². The van der Waals surface area contributed by atoms with Crippen molar-refractivity contribution in [3.8, 4) is 0 Å². The van der Waals surface area contributed by atoms with Crippen molar-refractivity contribution in [1.82, 2.24) is 0 Å². The molecule has 1 saturated heterocycles. The Morgan fingerprint density at radius 2 is 1.96 bits per heavy atom. The summed E-state index contributed by atoms with van der Waals surface area (Å²) in [5, 5.41) is 0.0462. The zero-order chi connectivity index (χ0) is 17.1. The number of hydrogen-bond donors (Lipinski definition) is 0. The Morgan fingerprint density at radius 3 is 2.67 bits per heavy atom. The molecular weight excluding hydrogens is 320 g/mol. The number of ether oxygens (including phenoxy) is 2. The van der Waals surface area contributed by atoms with Crippen molar-refractivity contribution in [3.05, 3.63) is 30.3 Å². The van der Waals surface area contributed by atoms with Crippen LogP contribution in [0.25, 0.3) is 0 Å². The Bertz CT molecular complexity index is 545. The van der Waals surface area contributed by atoms with Crippen LogP contribution in [0.1, 0.15) is 46.5 Å². The van der Waals surface area contributed by atoms with Crippen LogP contribution in [0.3, 0.4) is 0 Å². The van der Waals surface area contributed by atoms with E-state index in [1.807, 2.05) is 18.2 Å². The summed E-state index contributed by atoms with van der Waals surface area (Å²) in [5.41, 5.74) is 0. The Kier molecular flexibility index (Phi) is 5.88. The Balaban J connectivity index is 1.68. The lowest BCUT2D eigenvalue weighted by molar-refractivity contribution is -0.185. The van der Waals surface area contributed by atoms with Crippen LogP contribution in [0.4, 0.5) is 0 Å². The predicted octanol–water partition coefficient (Wildman–Crippen LogP) is 4.90. The number of cyclic esters (lactones) is 1. The van der Waals surface area contributed by atoms with Crippen molar-refractivity contribution in [2.24, 2.45) is 17.8 Å². The smallest absolute Gasteiger partial charge is 0.309 e. The van der Waals surface area contributed by atoms with Gasteiger partial charge in [-0.05, 0) is 42.7 Å². The third-order valence-corrected chi connectivity index (χ3v) is 6.46. The molecule has 0 radical (unpaired) electrons. The van der Waals surface area contributed by atoms with Gasteiger partial charge in [-0.3, -0.25) is 4.79 Å². The highest BCUT2D eigenvalue weighted by atomic mass is 32.2. The zero-order valence-corrected chi connectivity index (χ0v) is 15.6. The first-order valence-electron chi connectivity index (χ1n) is 9.09. The summed E-state index contributed by atoms with van der Waals surface area (Å²) in [4.78, 5) is 13.0. The number of benzene rings is 1. The molecule has 0 aromatic heterocycles. The van der Waals surface area contributed by atoms with Gasteiger partial charge in [0.25, 0.3) is 0 Å². The first-order chi connectivity index (χ1) is 11.5. The highest BCUT2D eigenvalue weighted by Crippen LogP contribution is 2.39. The van der Waals surface area contributed by atoms with Crippen LogP contribution in [0.15, 0.2) is 35.2 Å². The lowest BCUT2D eigenvalue weighted by Crippen LogP contribution is -2.39. The topological polar surface area (TPSA) is 35.5 Å². The molecule has 1 saturated carbocycles. The van der Waals surface area contributed by atoms with Gasteiger partial charge in [0.15, 0.2) is 0 Å². The highest BCUT2D eigenvalue weighted by molar-refractivity contribution is 8.00. The van der Waals surface area contributed by atoms with Gasteiger partial charge in [-0.25, -0.2) is 0 Å². The molecule has 0 bridgehead atoms. The minimum atomic E-state index is -0.417. The first-order valence-corrected chi connectivity index (χ1v) is 9.97. The maximum Gasteiger partial charge on any atom is 0.309 e. The van der Waals surface area contributed by atoms with Crippen molar-refractivity contribution in [2.45, 2.75) is 69.0 Å². The van der Waals surface area contributed by atoms with Crippen LogP contribution in [-0.2, 0) is 14.3 Å². The van der Waals surface area contributed by atoms with Gasteiger partial charge in [0.2, 0.25) is 6.29 Å². The summed E-state index contributed by atoms with van der Waals surface area (Å²) in [6, 6.07) is 10.2. The molecule has 132 valence electrons.